The number of hydrogen-bond acceptors (Lipinski definition) is 2. The van der Waals surface area contributed by atoms with Crippen molar-refractivity contribution in [3.63, 3.8) is 0 Å². The third kappa shape index (κ3) is 2.69. The monoisotopic (exact) mass is 271 g/mol. The second-order valence-corrected chi connectivity index (χ2v) is 6.55. The number of hydrogen-bond donors (Lipinski definition) is 2. The fraction of sp³-hybridized carbons (Fsp3) is 0.500. The Kier molecular flexibility index (Phi) is 3.24. The molecule has 1 saturated carbocycles. The second-order valence-electron chi connectivity index (χ2n) is 6.55. The Morgan fingerprint density at radius 3 is 2.85 bits per heavy atom. The summed E-state index contributed by atoms with van der Waals surface area (Å²) in [5.74, 6) is 0.0196. The van der Waals surface area contributed by atoms with Crippen LogP contribution in [0.5, 0.6) is 0 Å². The van der Waals surface area contributed by atoms with Gasteiger partial charge in [0.15, 0.2) is 0 Å². The molecule has 0 bridgehead atoms. The normalized spacial score (nSPS) is 19.1. The van der Waals surface area contributed by atoms with Crippen LogP contribution in [0.3, 0.4) is 0 Å². The average molecular weight is 271 g/mol. The van der Waals surface area contributed by atoms with Crippen LogP contribution in [-0.4, -0.2) is 21.9 Å². The van der Waals surface area contributed by atoms with Gasteiger partial charge in [0.25, 0.3) is 5.91 Å². The van der Waals surface area contributed by atoms with Crippen molar-refractivity contribution in [2.45, 2.75) is 45.6 Å². The number of carbonyl (C=O) groups excluding carboxylic acids is 1. The van der Waals surface area contributed by atoms with E-state index < -0.39 is 0 Å². The number of aromatic nitrogens is 2. The van der Waals surface area contributed by atoms with E-state index in [2.05, 4.69) is 29.1 Å². The Labute approximate surface area is 119 Å². The number of imidazole rings is 1. The Bertz CT molecular complexity index is 619. The van der Waals surface area contributed by atoms with Gasteiger partial charge in [-0.1, -0.05) is 13.8 Å². The van der Waals surface area contributed by atoms with Crippen LogP contribution in [0.4, 0.5) is 0 Å². The van der Waals surface area contributed by atoms with E-state index in [4.69, 9.17) is 0 Å². The van der Waals surface area contributed by atoms with Gasteiger partial charge in [-0.25, -0.2) is 4.98 Å². The van der Waals surface area contributed by atoms with Crippen molar-refractivity contribution < 1.29 is 4.79 Å². The molecule has 1 fully saturated rings. The van der Waals surface area contributed by atoms with Gasteiger partial charge in [0.05, 0.1) is 17.4 Å². The van der Waals surface area contributed by atoms with Gasteiger partial charge in [0.2, 0.25) is 0 Å². The van der Waals surface area contributed by atoms with E-state index in [9.17, 15) is 4.79 Å². The van der Waals surface area contributed by atoms with Crippen molar-refractivity contribution in [3.8, 4) is 0 Å². The van der Waals surface area contributed by atoms with Gasteiger partial charge in [0.1, 0.15) is 0 Å². The lowest BCUT2D eigenvalue weighted by Crippen LogP contribution is -2.39. The van der Waals surface area contributed by atoms with Crippen molar-refractivity contribution in [1.82, 2.24) is 15.3 Å². The van der Waals surface area contributed by atoms with Crippen LogP contribution in [0.15, 0.2) is 24.5 Å². The zero-order valence-corrected chi connectivity index (χ0v) is 12.1. The molecule has 0 spiro atoms. The molecular formula is C16H21N3O. The first-order valence-corrected chi connectivity index (χ1v) is 7.27. The number of nitrogens with one attached hydrogen (secondary N) is 2. The fourth-order valence-electron chi connectivity index (χ4n) is 2.89. The summed E-state index contributed by atoms with van der Waals surface area (Å²) in [6.45, 7) is 4.61. The molecule has 0 unspecified atom stereocenters. The van der Waals surface area contributed by atoms with E-state index >= 15 is 0 Å². The van der Waals surface area contributed by atoms with Crippen LogP contribution in [0.2, 0.25) is 0 Å². The molecule has 0 saturated heterocycles. The van der Waals surface area contributed by atoms with E-state index in [1.165, 1.54) is 12.8 Å². The van der Waals surface area contributed by atoms with E-state index in [0.717, 1.165) is 23.9 Å². The van der Waals surface area contributed by atoms with Crippen LogP contribution < -0.4 is 5.32 Å². The number of carbonyl (C=O) groups is 1. The van der Waals surface area contributed by atoms with Crippen LogP contribution >= 0.6 is 0 Å². The molecule has 4 heteroatoms. The van der Waals surface area contributed by atoms with E-state index in [-0.39, 0.29) is 5.91 Å². The highest BCUT2D eigenvalue weighted by atomic mass is 16.1. The highest BCUT2D eigenvalue weighted by Crippen LogP contribution is 2.35. The predicted molar refractivity (Wildman–Crippen MR) is 79.6 cm³/mol. The summed E-state index contributed by atoms with van der Waals surface area (Å²) >= 11 is 0. The minimum Gasteiger partial charge on any atom is -0.349 e. The van der Waals surface area contributed by atoms with Crippen molar-refractivity contribution in [3.05, 3.63) is 30.1 Å². The molecule has 106 valence electrons. The third-order valence-electron chi connectivity index (χ3n) is 4.36. The van der Waals surface area contributed by atoms with Gasteiger partial charge >= 0.3 is 0 Å². The van der Waals surface area contributed by atoms with Crippen LogP contribution in [0.25, 0.3) is 11.0 Å². The van der Waals surface area contributed by atoms with Gasteiger partial charge in [-0.05, 0) is 49.3 Å². The second kappa shape index (κ2) is 4.93. The smallest absolute Gasteiger partial charge is 0.251 e. The first-order valence-electron chi connectivity index (χ1n) is 7.27. The summed E-state index contributed by atoms with van der Waals surface area (Å²) < 4.78 is 0. The van der Waals surface area contributed by atoms with Crippen LogP contribution in [0, 0.1) is 5.41 Å². The van der Waals surface area contributed by atoms with Crippen LogP contribution in [-0.2, 0) is 0 Å². The first kappa shape index (κ1) is 13.2. The molecule has 20 heavy (non-hydrogen) atoms. The van der Waals surface area contributed by atoms with E-state index in [1.807, 2.05) is 18.2 Å². The molecule has 1 aliphatic carbocycles. The summed E-state index contributed by atoms with van der Waals surface area (Å²) in [5, 5.41) is 3.16. The Morgan fingerprint density at radius 2 is 2.10 bits per heavy atom. The maximum Gasteiger partial charge on any atom is 0.251 e. The molecule has 1 heterocycles. The number of H-pyrrole nitrogens is 1. The van der Waals surface area contributed by atoms with Crippen molar-refractivity contribution in [1.29, 1.82) is 0 Å². The Morgan fingerprint density at radius 1 is 1.35 bits per heavy atom. The predicted octanol–water partition coefficient (Wildman–Crippen LogP) is 3.26. The first-order chi connectivity index (χ1) is 9.53. The highest BCUT2D eigenvalue weighted by molar-refractivity contribution is 5.97. The molecule has 1 aromatic heterocycles. The minimum atomic E-state index is 0.0196. The molecule has 2 N–H and O–H groups in total. The lowest BCUT2D eigenvalue weighted by atomic mass is 9.75. The van der Waals surface area contributed by atoms with Gasteiger partial charge in [-0.2, -0.15) is 0 Å². The minimum absolute atomic E-state index is 0.0196. The zero-order chi connectivity index (χ0) is 14.2. The molecule has 0 radical (unpaired) electrons. The standard InChI is InChI=1S/C16H21N3O/c1-16(2)7-5-12(6-8-16)19-15(20)11-3-4-13-14(9-11)18-10-17-13/h3-4,9-10,12H,5-8H2,1-2H3,(H,17,18)(H,19,20). The molecule has 1 aliphatic rings. The van der Waals surface area contributed by atoms with Gasteiger partial charge in [0, 0.05) is 11.6 Å². The van der Waals surface area contributed by atoms with E-state index in [1.54, 1.807) is 6.33 Å². The topological polar surface area (TPSA) is 57.8 Å². The summed E-state index contributed by atoms with van der Waals surface area (Å²) in [5.41, 5.74) is 2.92. The number of benzene rings is 1. The largest absolute Gasteiger partial charge is 0.349 e. The average Bonchev–Trinajstić information content (AvgIpc) is 2.88. The number of rotatable bonds is 2. The van der Waals surface area contributed by atoms with Crippen molar-refractivity contribution >= 4 is 16.9 Å². The Hall–Kier alpha value is -1.84. The molecule has 0 atom stereocenters. The molecule has 3 rings (SSSR count). The zero-order valence-electron chi connectivity index (χ0n) is 12.1. The summed E-state index contributed by atoms with van der Waals surface area (Å²) in [7, 11) is 0. The lowest BCUT2D eigenvalue weighted by molar-refractivity contribution is 0.0909. The SMILES string of the molecule is CC1(C)CCC(NC(=O)c2ccc3nc[nH]c3c2)CC1. The molecule has 1 aromatic carbocycles. The summed E-state index contributed by atoms with van der Waals surface area (Å²) in [6.07, 6.45) is 6.15. The fourth-order valence-corrected chi connectivity index (χ4v) is 2.89. The number of fused-ring (bicyclic) bond motifs is 1. The number of amides is 1. The van der Waals surface area contributed by atoms with Gasteiger partial charge < -0.3 is 10.3 Å². The molecule has 2 aromatic rings. The van der Waals surface area contributed by atoms with Crippen molar-refractivity contribution in [2.75, 3.05) is 0 Å². The molecule has 0 aliphatic heterocycles. The Balaban J connectivity index is 1.67. The number of nitrogens with zero attached hydrogens (tertiary/aromatic N) is 1. The maximum atomic E-state index is 12.3. The molecule has 4 nitrogen and oxygen atoms in total. The highest BCUT2D eigenvalue weighted by Gasteiger charge is 2.27. The molecule has 1 amide bonds. The summed E-state index contributed by atoms with van der Waals surface area (Å²) in [4.78, 5) is 19.5. The maximum absolute atomic E-state index is 12.3. The third-order valence-corrected chi connectivity index (χ3v) is 4.36. The van der Waals surface area contributed by atoms with Crippen LogP contribution in [0.1, 0.15) is 49.9 Å². The molecular weight excluding hydrogens is 250 g/mol. The number of aromatic amines is 1. The lowest BCUT2D eigenvalue weighted by Gasteiger charge is -2.34. The van der Waals surface area contributed by atoms with Crippen molar-refractivity contribution in [2.24, 2.45) is 5.41 Å². The summed E-state index contributed by atoms with van der Waals surface area (Å²) in [6, 6.07) is 5.90. The van der Waals surface area contributed by atoms with Gasteiger partial charge in [-0.15, -0.1) is 0 Å². The van der Waals surface area contributed by atoms with E-state index in [0.29, 0.717) is 17.0 Å². The van der Waals surface area contributed by atoms with Gasteiger partial charge in [-0.3, -0.25) is 4.79 Å². The quantitative estimate of drug-likeness (QED) is 0.880.